The lowest BCUT2D eigenvalue weighted by molar-refractivity contribution is -0.136. The summed E-state index contributed by atoms with van der Waals surface area (Å²) in [6.07, 6.45) is 3.79. The lowest BCUT2D eigenvalue weighted by Gasteiger charge is -2.25. The van der Waals surface area contributed by atoms with Crippen molar-refractivity contribution >= 4 is 28.4 Å². The number of nitrogens with zero attached hydrogens (tertiary/aromatic N) is 1. The third-order valence-electron chi connectivity index (χ3n) is 6.50. The van der Waals surface area contributed by atoms with Crippen LogP contribution >= 0.6 is 0 Å². The monoisotopic (exact) mass is 515 g/mol. The molecule has 8 nitrogen and oxygen atoms in total. The number of hydrogen-bond acceptors (Lipinski definition) is 6. The van der Waals surface area contributed by atoms with Crippen molar-refractivity contribution in [2.75, 3.05) is 19.5 Å². The standard InChI is InChI=1S/C29H26FN3O5/c1-36-26-15-21-23(16-27(26)37-2)31-12-11-24(21)38-25-10-9-20(14-22(25)30)33-29(35)28(34)32-19-8-7-17-5-3-4-6-18(17)13-19/h3-6,9-12,14-16,19H,7-8,13H2,1-2H3,(H,32,34)(H,33,35). The van der Waals surface area contributed by atoms with Gasteiger partial charge in [-0.05, 0) is 54.7 Å². The van der Waals surface area contributed by atoms with E-state index in [0.29, 0.717) is 34.6 Å². The van der Waals surface area contributed by atoms with Crippen molar-refractivity contribution in [1.29, 1.82) is 0 Å². The zero-order chi connectivity index (χ0) is 26.6. The van der Waals surface area contributed by atoms with Crippen molar-refractivity contribution < 1.29 is 28.2 Å². The van der Waals surface area contributed by atoms with E-state index in [1.807, 2.05) is 18.2 Å². The highest BCUT2D eigenvalue weighted by Gasteiger charge is 2.23. The number of rotatable bonds is 6. The molecule has 5 rings (SSSR count). The molecule has 0 aliphatic heterocycles. The van der Waals surface area contributed by atoms with Crippen LogP contribution in [-0.4, -0.2) is 37.1 Å². The second-order valence-electron chi connectivity index (χ2n) is 8.92. The largest absolute Gasteiger partial charge is 0.493 e. The van der Waals surface area contributed by atoms with Crippen LogP contribution in [-0.2, 0) is 22.4 Å². The number of aryl methyl sites for hydroxylation is 1. The van der Waals surface area contributed by atoms with Crippen molar-refractivity contribution in [3.05, 3.63) is 83.8 Å². The van der Waals surface area contributed by atoms with Crippen LogP contribution in [0.5, 0.6) is 23.0 Å². The number of amides is 2. The first-order chi connectivity index (χ1) is 18.4. The predicted octanol–water partition coefficient (Wildman–Crippen LogP) is 4.80. The van der Waals surface area contributed by atoms with Crippen LogP contribution in [0.1, 0.15) is 17.5 Å². The van der Waals surface area contributed by atoms with E-state index in [-0.39, 0.29) is 17.5 Å². The normalized spacial score (nSPS) is 14.3. The minimum atomic E-state index is -0.863. The Hall–Kier alpha value is -4.66. The summed E-state index contributed by atoms with van der Waals surface area (Å²) in [5.41, 5.74) is 3.15. The molecule has 1 heterocycles. The molecule has 1 atom stereocenters. The Bertz CT molecular complexity index is 1520. The molecule has 194 valence electrons. The van der Waals surface area contributed by atoms with Gasteiger partial charge in [0.05, 0.1) is 19.7 Å². The number of carbonyl (C=O) groups excluding carboxylic acids is 2. The Kier molecular flexibility index (Phi) is 7.08. The van der Waals surface area contributed by atoms with Crippen LogP contribution in [0.25, 0.3) is 10.9 Å². The summed E-state index contributed by atoms with van der Waals surface area (Å²) in [5, 5.41) is 5.83. The maximum absolute atomic E-state index is 14.9. The fourth-order valence-electron chi connectivity index (χ4n) is 4.58. The van der Waals surface area contributed by atoms with Gasteiger partial charge in [0.2, 0.25) is 0 Å². The molecule has 0 spiro atoms. The van der Waals surface area contributed by atoms with Crippen LogP contribution in [0, 0.1) is 5.82 Å². The summed E-state index contributed by atoms with van der Waals surface area (Å²) < 4.78 is 31.4. The topological polar surface area (TPSA) is 98.8 Å². The number of carbonyl (C=O) groups is 2. The fourth-order valence-corrected chi connectivity index (χ4v) is 4.58. The Morgan fingerprint density at radius 1 is 0.895 bits per heavy atom. The highest BCUT2D eigenvalue weighted by molar-refractivity contribution is 6.39. The highest BCUT2D eigenvalue weighted by Crippen LogP contribution is 2.37. The first-order valence-corrected chi connectivity index (χ1v) is 12.1. The molecule has 0 saturated heterocycles. The Morgan fingerprint density at radius 3 is 2.42 bits per heavy atom. The molecule has 9 heteroatoms. The Morgan fingerprint density at radius 2 is 1.66 bits per heavy atom. The second kappa shape index (κ2) is 10.8. The number of aromatic nitrogens is 1. The molecule has 1 aromatic heterocycles. The van der Waals surface area contributed by atoms with Crippen LogP contribution in [0.2, 0.25) is 0 Å². The number of hydrogen-bond donors (Lipinski definition) is 2. The van der Waals surface area contributed by atoms with Gasteiger partial charge < -0.3 is 24.8 Å². The average molecular weight is 516 g/mol. The first-order valence-electron chi connectivity index (χ1n) is 12.1. The van der Waals surface area contributed by atoms with Gasteiger partial charge >= 0.3 is 11.8 Å². The number of fused-ring (bicyclic) bond motifs is 2. The lowest BCUT2D eigenvalue weighted by Crippen LogP contribution is -2.44. The minimum Gasteiger partial charge on any atom is -0.493 e. The molecule has 38 heavy (non-hydrogen) atoms. The van der Waals surface area contributed by atoms with Gasteiger partial charge in [-0.3, -0.25) is 14.6 Å². The summed E-state index contributed by atoms with van der Waals surface area (Å²) in [7, 11) is 3.04. The van der Waals surface area contributed by atoms with E-state index < -0.39 is 17.6 Å². The maximum Gasteiger partial charge on any atom is 0.313 e. The third kappa shape index (κ3) is 5.22. The predicted molar refractivity (Wildman–Crippen MR) is 140 cm³/mol. The molecule has 1 unspecified atom stereocenters. The van der Waals surface area contributed by atoms with Gasteiger partial charge in [-0.1, -0.05) is 24.3 Å². The number of pyridine rings is 1. The van der Waals surface area contributed by atoms with Gasteiger partial charge in [0.1, 0.15) is 5.75 Å². The van der Waals surface area contributed by atoms with E-state index in [0.717, 1.165) is 18.9 Å². The van der Waals surface area contributed by atoms with Gasteiger partial charge in [0.15, 0.2) is 23.1 Å². The molecule has 0 bridgehead atoms. The molecule has 1 aliphatic rings. The molecular formula is C29H26FN3O5. The molecule has 0 fully saturated rings. The van der Waals surface area contributed by atoms with E-state index in [4.69, 9.17) is 14.2 Å². The molecule has 2 amide bonds. The number of methoxy groups -OCH3 is 2. The minimum absolute atomic E-state index is 0.0596. The number of nitrogens with one attached hydrogen (secondary N) is 2. The van der Waals surface area contributed by atoms with Crippen molar-refractivity contribution in [3.8, 4) is 23.0 Å². The van der Waals surface area contributed by atoms with Crippen molar-refractivity contribution in [3.63, 3.8) is 0 Å². The first kappa shape index (κ1) is 25.0. The summed E-state index contributed by atoms with van der Waals surface area (Å²) in [5.74, 6) is -1.05. The van der Waals surface area contributed by atoms with Crippen LogP contribution in [0.3, 0.4) is 0 Å². The SMILES string of the molecule is COc1cc2nccc(Oc3ccc(NC(=O)C(=O)NC4CCc5ccccc5C4)cc3F)c2cc1OC. The van der Waals surface area contributed by atoms with E-state index in [1.54, 1.807) is 24.4 Å². The maximum atomic E-state index is 14.9. The average Bonchev–Trinajstić information content (AvgIpc) is 2.93. The van der Waals surface area contributed by atoms with Crippen LogP contribution in [0.15, 0.2) is 66.9 Å². The van der Waals surface area contributed by atoms with E-state index in [9.17, 15) is 14.0 Å². The number of halogens is 1. The Labute approximate surface area is 218 Å². The van der Waals surface area contributed by atoms with E-state index >= 15 is 0 Å². The number of anilines is 1. The fraction of sp³-hybridized carbons (Fsp3) is 0.207. The van der Waals surface area contributed by atoms with Crippen molar-refractivity contribution in [2.45, 2.75) is 25.3 Å². The number of ether oxygens (including phenoxy) is 3. The van der Waals surface area contributed by atoms with Gasteiger partial charge in [-0.15, -0.1) is 0 Å². The molecule has 4 aromatic rings. The van der Waals surface area contributed by atoms with E-state index in [1.165, 1.54) is 37.5 Å². The molecule has 1 aliphatic carbocycles. The van der Waals surface area contributed by atoms with Crippen molar-refractivity contribution in [1.82, 2.24) is 10.3 Å². The second-order valence-corrected chi connectivity index (χ2v) is 8.92. The molecule has 2 N–H and O–H groups in total. The van der Waals surface area contributed by atoms with Gasteiger partial charge in [-0.25, -0.2) is 4.39 Å². The van der Waals surface area contributed by atoms with Gasteiger partial charge in [0, 0.05) is 35.4 Å². The summed E-state index contributed by atoms with van der Waals surface area (Å²) >= 11 is 0. The molecule has 3 aromatic carbocycles. The summed E-state index contributed by atoms with van der Waals surface area (Å²) in [6, 6.07) is 16.9. The highest BCUT2D eigenvalue weighted by atomic mass is 19.1. The van der Waals surface area contributed by atoms with Crippen molar-refractivity contribution in [2.24, 2.45) is 0 Å². The zero-order valence-electron chi connectivity index (χ0n) is 20.9. The van der Waals surface area contributed by atoms with Crippen LogP contribution < -0.4 is 24.8 Å². The van der Waals surface area contributed by atoms with E-state index in [2.05, 4.69) is 21.7 Å². The van der Waals surface area contributed by atoms with Crippen LogP contribution in [0.4, 0.5) is 10.1 Å². The smallest absolute Gasteiger partial charge is 0.313 e. The third-order valence-corrected chi connectivity index (χ3v) is 6.50. The summed E-state index contributed by atoms with van der Waals surface area (Å²) in [4.78, 5) is 29.3. The molecule has 0 saturated carbocycles. The molecular weight excluding hydrogens is 489 g/mol. The number of benzene rings is 3. The quantitative estimate of drug-likeness (QED) is 0.358. The summed E-state index contributed by atoms with van der Waals surface area (Å²) in [6.45, 7) is 0. The molecule has 0 radical (unpaired) electrons. The zero-order valence-corrected chi connectivity index (χ0v) is 20.9. The van der Waals surface area contributed by atoms with Gasteiger partial charge in [-0.2, -0.15) is 0 Å². The Balaban J connectivity index is 1.25. The van der Waals surface area contributed by atoms with Gasteiger partial charge in [0.25, 0.3) is 0 Å². The lowest BCUT2D eigenvalue weighted by atomic mass is 9.88.